The molecule has 6 heteroatoms. The average molecular weight is 294 g/mol. The molecule has 0 saturated heterocycles. The molecule has 0 aliphatic carbocycles. The summed E-state index contributed by atoms with van der Waals surface area (Å²) in [6.45, 7) is 8.60. The molecule has 5 nitrogen and oxygen atoms in total. The lowest BCUT2D eigenvalue weighted by Crippen LogP contribution is -2.12. The van der Waals surface area contributed by atoms with Gasteiger partial charge in [-0.2, -0.15) is 0 Å². The number of imidazole rings is 1. The van der Waals surface area contributed by atoms with E-state index in [0.717, 1.165) is 42.8 Å². The van der Waals surface area contributed by atoms with E-state index >= 15 is 0 Å². The number of anilines is 1. The highest BCUT2D eigenvalue weighted by atomic mass is 32.1. The van der Waals surface area contributed by atoms with Crippen LogP contribution in [0.4, 0.5) is 5.95 Å². The van der Waals surface area contributed by atoms with Crippen molar-refractivity contribution < 1.29 is 4.74 Å². The van der Waals surface area contributed by atoms with Crippen LogP contribution in [-0.4, -0.2) is 27.7 Å². The normalized spacial score (nSPS) is 12.6. The standard InChI is InChI=1S/C14H22N4OS/c1-4-19-8-5-7-18-10-11(2)16-14(18)17-12(3)13-15-6-9-20-13/h6,9-10,12H,4-5,7-8H2,1-3H3,(H,16,17). The summed E-state index contributed by atoms with van der Waals surface area (Å²) in [5, 5.41) is 6.50. The molecule has 1 N–H and O–H groups in total. The summed E-state index contributed by atoms with van der Waals surface area (Å²) in [4.78, 5) is 8.88. The van der Waals surface area contributed by atoms with Gasteiger partial charge >= 0.3 is 0 Å². The smallest absolute Gasteiger partial charge is 0.203 e. The van der Waals surface area contributed by atoms with Crippen molar-refractivity contribution in [3.63, 3.8) is 0 Å². The Bertz CT molecular complexity index is 509. The number of ether oxygens (including phenoxy) is 1. The van der Waals surface area contributed by atoms with Gasteiger partial charge < -0.3 is 14.6 Å². The number of aromatic nitrogens is 3. The van der Waals surface area contributed by atoms with Gasteiger partial charge in [-0.15, -0.1) is 11.3 Å². The second kappa shape index (κ2) is 7.40. The van der Waals surface area contributed by atoms with Crippen molar-refractivity contribution in [1.82, 2.24) is 14.5 Å². The molecule has 110 valence electrons. The number of aryl methyl sites for hydroxylation is 2. The minimum atomic E-state index is 0.169. The maximum Gasteiger partial charge on any atom is 0.203 e. The molecule has 2 aromatic heterocycles. The molecule has 2 rings (SSSR count). The lowest BCUT2D eigenvalue weighted by Gasteiger charge is -2.14. The third-order valence-corrected chi connectivity index (χ3v) is 3.91. The van der Waals surface area contributed by atoms with E-state index in [9.17, 15) is 0 Å². The van der Waals surface area contributed by atoms with Crippen molar-refractivity contribution in [1.29, 1.82) is 0 Å². The molecule has 0 saturated carbocycles. The predicted octanol–water partition coefficient (Wildman–Crippen LogP) is 3.25. The van der Waals surface area contributed by atoms with Crippen molar-refractivity contribution in [2.24, 2.45) is 0 Å². The fraction of sp³-hybridized carbons (Fsp3) is 0.571. The second-order valence-corrected chi connectivity index (χ2v) is 5.61. The number of hydrogen-bond donors (Lipinski definition) is 1. The highest BCUT2D eigenvalue weighted by molar-refractivity contribution is 7.09. The van der Waals surface area contributed by atoms with Crippen LogP contribution in [0.2, 0.25) is 0 Å². The minimum absolute atomic E-state index is 0.169. The zero-order valence-electron chi connectivity index (χ0n) is 12.3. The first-order valence-corrected chi connectivity index (χ1v) is 7.86. The molecule has 0 bridgehead atoms. The van der Waals surface area contributed by atoms with Crippen LogP contribution in [0.5, 0.6) is 0 Å². The van der Waals surface area contributed by atoms with E-state index in [1.165, 1.54) is 0 Å². The minimum Gasteiger partial charge on any atom is -0.382 e. The molecule has 0 aliphatic rings. The summed E-state index contributed by atoms with van der Waals surface area (Å²) in [5.41, 5.74) is 1.02. The fourth-order valence-electron chi connectivity index (χ4n) is 2.02. The van der Waals surface area contributed by atoms with Gasteiger partial charge in [0.1, 0.15) is 5.01 Å². The topological polar surface area (TPSA) is 52.0 Å². The largest absolute Gasteiger partial charge is 0.382 e. The zero-order valence-corrected chi connectivity index (χ0v) is 13.1. The lowest BCUT2D eigenvalue weighted by molar-refractivity contribution is 0.142. The molecule has 0 fully saturated rings. The van der Waals surface area contributed by atoms with Crippen LogP contribution >= 0.6 is 11.3 Å². The van der Waals surface area contributed by atoms with E-state index in [4.69, 9.17) is 4.74 Å². The average Bonchev–Trinajstić information content (AvgIpc) is 3.05. The molecule has 0 aliphatic heterocycles. The van der Waals surface area contributed by atoms with Gasteiger partial charge in [-0.25, -0.2) is 9.97 Å². The molecular formula is C14H22N4OS. The first-order valence-electron chi connectivity index (χ1n) is 6.98. The van der Waals surface area contributed by atoms with Gasteiger partial charge in [-0.3, -0.25) is 0 Å². The summed E-state index contributed by atoms with van der Waals surface area (Å²) in [5.74, 6) is 0.904. The monoisotopic (exact) mass is 294 g/mol. The van der Waals surface area contributed by atoms with Crippen LogP contribution in [0, 0.1) is 6.92 Å². The summed E-state index contributed by atoms with van der Waals surface area (Å²) >= 11 is 1.66. The summed E-state index contributed by atoms with van der Waals surface area (Å²) in [6, 6.07) is 0.169. The van der Waals surface area contributed by atoms with E-state index in [-0.39, 0.29) is 6.04 Å². The van der Waals surface area contributed by atoms with Crippen LogP contribution in [0.3, 0.4) is 0 Å². The number of hydrogen-bond acceptors (Lipinski definition) is 5. The molecule has 2 heterocycles. The number of rotatable bonds is 8. The Morgan fingerprint density at radius 1 is 1.50 bits per heavy atom. The van der Waals surface area contributed by atoms with Crippen LogP contribution < -0.4 is 5.32 Å². The fourth-order valence-corrected chi connectivity index (χ4v) is 2.66. The SMILES string of the molecule is CCOCCCn1cc(C)nc1NC(C)c1nccs1. The van der Waals surface area contributed by atoms with Crippen LogP contribution in [0.25, 0.3) is 0 Å². The van der Waals surface area contributed by atoms with Crippen molar-refractivity contribution >= 4 is 17.3 Å². The van der Waals surface area contributed by atoms with Crippen LogP contribution in [0.15, 0.2) is 17.8 Å². The lowest BCUT2D eigenvalue weighted by atomic mass is 10.3. The van der Waals surface area contributed by atoms with E-state index in [0.29, 0.717) is 0 Å². The Labute approximate surface area is 124 Å². The van der Waals surface area contributed by atoms with Crippen molar-refractivity contribution in [3.05, 3.63) is 28.5 Å². The predicted molar refractivity (Wildman–Crippen MR) is 82.2 cm³/mol. The molecule has 2 aromatic rings. The first kappa shape index (κ1) is 15.0. The maximum atomic E-state index is 5.38. The van der Waals surface area contributed by atoms with E-state index in [2.05, 4.69) is 33.0 Å². The molecule has 0 amide bonds. The molecule has 0 spiro atoms. The van der Waals surface area contributed by atoms with Gasteiger partial charge in [-0.1, -0.05) is 0 Å². The van der Waals surface area contributed by atoms with Crippen molar-refractivity contribution in [2.45, 2.75) is 39.8 Å². The Hall–Kier alpha value is -1.40. The molecule has 1 atom stereocenters. The van der Waals surface area contributed by atoms with Gasteiger partial charge in [0.05, 0.1) is 11.7 Å². The number of nitrogens with one attached hydrogen (secondary N) is 1. The highest BCUT2D eigenvalue weighted by Gasteiger charge is 2.12. The molecular weight excluding hydrogens is 272 g/mol. The molecule has 0 radical (unpaired) electrons. The zero-order chi connectivity index (χ0) is 14.4. The Kier molecular flexibility index (Phi) is 5.55. The van der Waals surface area contributed by atoms with Gasteiger partial charge in [-0.05, 0) is 27.2 Å². The molecule has 20 heavy (non-hydrogen) atoms. The maximum absolute atomic E-state index is 5.38. The Balaban J connectivity index is 1.96. The van der Waals surface area contributed by atoms with Crippen LogP contribution in [-0.2, 0) is 11.3 Å². The summed E-state index contributed by atoms with van der Waals surface area (Å²) < 4.78 is 7.53. The van der Waals surface area contributed by atoms with E-state index in [1.807, 2.05) is 25.4 Å². The second-order valence-electron chi connectivity index (χ2n) is 4.69. The third-order valence-electron chi connectivity index (χ3n) is 2.96. The Morgan fingerprint density at radius 3 is 3.05 bits per heavy atom. The molecule has 0 aromatic carbocycles. The third kappa shape index (κ3) is 4.05. The van der Waals surface area contributed by atoms with Gasteiger partial charge in [0.15, 0.2) is 0 Å². The number of thiazole rings is 1. The van der Waals surface area contributed by atoms with Gasteiger partial charge in [0.25, 0.3) is 0 Å². The van der Waals surface area contributed by atoms with Crippen molar-refractivity contribution in [2.75, 3.05) is 18.5 Å². The van der Waals surface area contributed by atoms with E-state index in [1.54, 1.807) is 11.3 Å². The van der Waals surface area contributed by atoms with E-state index < -0.39 is 0 Å². The summed E-state index contributed by atoms with van der Waals surface area (Å²) in [7, 11) is 0. The van der Waals surface area contributed by atoms with Crippen molar-refractivity contribution in [3.8, 4) is 0 Å². The summed E-state index contributed by atoms with van der Waals surface area (Å²) in [6.07, 6.45) is 4.89. The highest BCUT2D eigenvalue weighted by Crippen LogP contribution is 2.20. The number of nitrogens with zero attached hydrogens (tertiary/aromatic N) is 3. The van der Waals surface area contributed by atoms with Gasteiger partial charge in [0, 0.05) is 37.5 Å². The molecule has 1 unspecified atom stereocenters. The Morgan fingerprint density at radius 2 is 2.35 bits per heavy atom. The van der Waals surface area contributed by atoms with Crippen LogP contribution in [0.1, 0.15) is 37.0 Å². The first-order chi connectivity index (χ1) is 9.70. The van der Waals surface area contributed by atoms with Gasteiger partial charge in [0.2, 0.25) is 5.95 Å². The quantitative estimate of drug-likeness (QED) is 0.759.